The molecule has 0 radical (unpaired) electrons. The Hall–Kier alpha value is -1.64. The van der Waals surface area contributed by atoms with Gasteiger partial charge in [0, 0.05) is 16.8 Å². The summed E-state index contributed by atoms with van der Waals surface area (Å²) in [6.45, 7) is 3.64. The van der Waals surface area contributed by atoms with E-state index in [9.17, 15) is 9.59 Å². The van der Waals surface area contributed by atoms with Crippen molar-refractivity contribution in [1.29, 1.82) is 0 Å². The number of rotatable bonds is 1. The van der Waals surface area contributed by atoms with Crippen LogP contribution in [-0.4, -0.2) is 12.2 Å². The molecule has 1 N–H and O–H groups in total. The van der Waals surface area contributed by atoms with Crippen molar-refractivity contribution in [2.24, 2.45) is 0 Å². The van der Waals surface area contributed by atoms with Gasteiger partial charge < -0.3 is 5.32 Å². The molecular weight excluding hydrogens is 178 g/mol. The average Bonchev–Trinajstić information content (AvgIpc) is 2.38. The molecule has 0 aliphatic carbocycles. The monoisotopic (exact) mass is 189 g/mol. The summed E-state index contributed by atoms with van der Waals surface area (Å²) in [5, 5.41) is 2.76. The summed E-state index contributed by atoms with van der Waals surface area (Å²) in [5.41, 5.74) is 1.54. The van der Waals surface area contributed by atoms with Crippen molar-refractivity contribution in [3.63, 3.8) is 0 Å². The molecule has 1 heterocycles. The zero-order valence-corrected chi connectivity index (χ0v) is 8.13. The van der Waals surface area contributed by atoms with Crippen LogP contribution in [0.3, 0.4) is 0 Å². The number of nitrogens with one attached hydrogen (secondary N) is 1. The van der Waals surface area contributed by atoms with E-state index in [2.05, 4.69) is 5.32 Å². The third-order valence-electron chi connectivity index (χ3n) is 2.66. The molecule has 1 aromatic rings. The van der Waals surface area contributed by atoms with Crippen molar-refractivity contribution in [3.8, 4) is 0 Å². The first-order chi connectivity index (χ1) is 6.57. The van der Waals surface area contributed by atoms with Gasteiger partial charge in [-0.2, -0.15) is 0 Å². The highest BCUT2D eigenvalue weighted by molar-refractivity contribution is 6.08. The highest BCUT2D eigenvalue weighted by Crippen LogP contribution is 2.38. The van der Waals surface area contributed by atoms with E-state index in [1.807, 2.05) is 19.9 Å². The fourth-order valence-corrected chi connectivity index (χ4v) is 1.86. The van der Waals surface area contributed by atoms with Crippen LogP contribution in [0.1, 0.15) is 29.8 Å². The fraction of sp³-hybridized carbons (Fsp3) is 0.273. The second-order valence-corrected chi connectivity index (χ2v) is 3.97. The lowest BCUT2D eigenvalue weighted by Crippen LogP contribution is -2.27. The van der Waals surface area contributed by atoms with E-state index < -0.39 is 5.41 Å². The summed E-state index contributed by atoms with van der Waals surface area (Å²) in [6, 6.07) is 5.31. The summed E-state index contributed by atoms with van der Waals surface area (Å²) in [5.74, 6) is -0.0539. The molecule has 0 bridgehead atoms. The maximum Gasteiger partial charge on any atom is 0.234 e. The quantitative estimate of drug-likeness (QED) is 0.684. The number of benzene rings is 1. The summed E-state index contributed by atoms with van der Waals surface area (Å²) >= 11 is 0. The highest BCUT2D eigenvalue weighted by atomic mass is 16.2. The zero-order chi connectivity index (χ0) is 10.3. The lowest BCUT2D eigenvalue weighted by molar-refractivity contribution is -0.119. The van der Waals surface area contributed by atoms with E-state index in [1.165, 1.54) is 0 Å². The minimum absolute atomic E-state index is 0.0539. The van der Waals surface area contributed by atoms with Crippen LogP contribution in [0.2, 0.25) is 0 Å². The smallest absolute Gasteiger partial charge is 0.234 e. The van der Waals surface area contributed by atoms with E-state index in [0.29, 0.717) is 5.56 Å². The van der Waals surface area contributed by atoms with Crippen molar-refractivity contribution in [3.05, 3.63) is 29.3 Å². The third-order valence-corrected chi connectivity index (χ3v) is 2.66. The van der Waals surface area contributed by atoms with Crippen molar-refractivity contribution in [2.45, 2.75) is 19.3 Å². The zero-order valence-electron chi connectivity index (χ0n) is 8.13. The van der Waals surface area contributed by atoms with Gasteiger partial charge in [-0.05, 0) is 19.9 Å². The fourth-order valence-electron chi connectivity index (χ4n) is 1.86. The first-order valence-corrected chi connectivity index (χ1v) is 4.47. The van der Waals surface area contributed by atoms with Crippen LogP contribution in [-0.2, 0) is 10.2 Å². The molecule has 14 heavy (non-hydrogen) atoms. The van der Waals surface area contributed by atoms with Gasteiger partial charge in [0.15, 0.2) is 0 Å². The van der Waals surface area contributed by atoms with Gasteiger partial charge >= 0.3 is 0 Å². The van der Waals surface area contributed by atoms with Gasteiger partial charge in [0.1, 0.15) is 6.29 Å². The molecule has 1 aliphatic rings. The van der Waals surface area contributed by atoms with Gasteiger partial charge in [-0.1, -0.05) is 12.1 Å². The minimum atomic E-state index is -0.604. The predicted molar refractivity (Wildman–Crippen MR) is 53.5 cm³/mol. The molecule has 72 valence electrons. The van der Waals surface area contributed by atoms with E-state index in [0.717, 1.165) is 17.5 Å². The van der Waals surface area contributed by atoms with Crippen LogP contribution in [0.4, 0.5) is 5.69 Å². The molecule has 0 fully saturated rings. The molecule has 0 spiro atoms. The molecule has 1 amide bonds. The lowest BCUT2D eigenvalue weighted by atomic mass is 9.83. The summed E-state index contributed by atoms with van der Waals surface area (Å²) < 4.78 is 0. The molecule has 3 nitrogen and oxygen atoms in total. The number of fused-ring (bicyclic) bond motifs is 1. The van der Waals surface area contributed by atoms with Crippen LogP contribution < -0.4 is 5.32 Å². The second kappa shape index (κ2) is 2.67. The Labute approximate surface area is 82.1 Å². The number of anilines is 1. The second-order valence-electron chi connectivity index (χ2n) is 3.97. The maximum absolute atomic E-state index is 11.6. The Morgan fingerprint density at radius 3 is 2.71 bits per heavy atom. The topological polar surface area (TPSA) is 46.2 Å². The van der Waals surface area contributed by atoms with Crippen molar-refractivity contribution in [2.75, 3.05) is 5.32 Å². The molecular formula is C11H11NO2. The lowest BCUT2D eigenvalue weighted by Gasteiger charge is -2.16. The normalized spacial score (nSPS) is 17.4. The minimum Gasteiger partial charge on any atom is -0.325 e. The van der Waals surface area contributed by atoms with Crippen LogP contribution in [0.25, 0.3) is 0 Å². The summed E-state index contributed by atoms with van der Waals surface area (Å²) in [7, 11) is 0. The van der Waals surface area contributed by atoms with Crippen LogP contribution in [0.15, 0.2) is 18.2 Å². The molecule has 0 atom stereocenters. The Morgan fingerprint density at radius 1 is 1.36 bits per heavy atom. The third kappa shape index (κ3) is 0.985. The van der Waals surface area contributed by atoms with Crippen molar-refractivity contribution < 1.29 is 9.59 Å². The van der Waals surface area contributed by atoms with Crippen LogP contribution in [0, 0.1) is 0 Å². The number of hydrogen-bond donors (Lipinski definition) is 1. The standard InChI is InChI=1S/C11H11NO2/c1-11(2)9-7(6-13)4-3-5-8(9)12-10(11)14/h3-6H,1-2H3,(H,12,14). The molecule has 0 saturated carbocycles. The number of carbonyl (C=O) groups excluding carboxylic acids is 2. The molecule has 1 aliphatic heterocycles. The first kappa shape index (κ1) is 8.94. The van der Waals surface area contributed by atoms with Gasteiger partial charge in [0.05, 0.1) is 5.41 Å². The van der Waals surface area contributed by atoms with Crippen molar-refractivity contribution in [1.82, 2.24) is 0 Å². The number of aldehydes is 1. The summed E-state index contributed by atoms with van der Waals surface area (Å²) in [4.78, 5) is 22.4. The average molecular weight is 189 g/mol. The number of hydrogen-bond acceptors (Lipinski definition) is 2. The Kier molecular flexibility index (Phi) is 1.71. The van der Waals surface area contributed by atoms with Gasteiger partial charge in [0.25, 0.3) is 0 Å². The predicted octanol–water partition coefficient (Wildman–Crippen LogP) is 1.73. The van der Waals surface area contributed by atoms with Gasteiger partial charge in [-0.25, -0.2) is 0 Å². The Bertz CT molecular complexity index is 421. The van der Waals surface area contributed by atoms with E-state index in [-0.39, 0.29) is 5.91 Å². The first-order valence-electron chi connectivity index (χ1n) is 4.47. The van der Waals surface area contributed by atoms with Crippen LogP contribution in [0.5, 0.6) is 0 Å². The molecule has 1 aromatic carbocycles. The Balaban J connectivity index is 2.72. The van der Waals surface area contributed by atoms with Crippen LogP contribution >= 0.6 is 0 Å². The van der Waals surface area contributed by atoms with Gasteiger partial charge in [-0.3, -0.25) is 9.59 Å². The summed E-state index contributed by atoms with van der Waals surface area (Å²) in [6.07, 6.45) is 0.793. The van der Waals surface area contributed by atoms with Gasteiger partial charge in [0.2, 0.25) is 5.91 Å². The van der Waals surface area contributed by atoms with E-state index >= 15 is 0 Å². The molecule has 2 rings (SSSR count). The van der Waals surface area contributed by atoms with E-state index in [1.54, 1.807) is 12.1 Å². The van der Waals surface area contributed by atoms with E-state index in [4.69, 9.17) is 0 Å². The highest BCUT2D eigenvalue weighted by Gasteiger charge is 2.39. The SMILES string of the molecule is CC1(C)C(=O)Nc2cccc(C=O)c21. The largest absolute Gasteiger partial charge is 0.325 e. The molecule has 0 unspecified atom stereocenters. The number of carbonyl (C=O) groups is 2. The molecule has 0 aromatic heterocycles. The molecule has 3 heteroatoms. The Morgan fingerprint density at radius 2 is 2.07 bits per heavy atom. The number of amides is 1. The van der Waals surface area contributed by atoms with Crippen molar-refractivity contribution >= 4 is 17.9 Å². The van der Waals surface area contributed by atoms with Gasteiger partial charge in [-0.15, -0.1) is 0 Å². The molecule has 0 saturated heterocycles. The maximum atomic E-state index is 11.6.